The van der Waals surface area contributed by atoms with Crippen molar-refractivity contribution in [2.75, 3.05) is 5.32 Å². The Morgan fingerprint density at radius 3 is 2.50 bits per heavy atom. The number of hydrogen-bond acceptors (Lipinski definition) is 1. The van der Waals surface area contributed by atoms with Crippen molar-refractivity contribution in [2.24, 2.45) is 5.92 Å². The fraction of sp³-hybridized carbons (Fsp3) is 0.538. The normalized spacial score (nSPS) is 24.3. The van der Waals surface area contributed by atoms with Crippen molar-refractivity contribution in [1.82, 2.24) is 0 Å². The van der Waals surface area contributed by atoms with Crippen molar-refractivity contribution in [3.05, 3.63) is 28.2 Å². The third-order valence-corrected chi connectivity index (χ3v) is 3.75. The molecule has 0 spiro atoms. The van der Waals surface area contributed by atoms with E-state index in [1.165, 1.54) is 6.07 Å². The van der Waals surface area contributed by atoms with Gasteiger partial charge in [-0.2, -0.15) is 13.2 Å². The Kier molecular flexibility index (Phi) is 3.90. The largest absolute Gasteiger partial charge is 0.416 e. The summed E-state index contributed by atoms with van der Waals surface area (Å²) in [6.07, 6.45) is -1.12. The molecule has 2 unspecified atom stereocenters. The molecule has 0 bridgehead atoms. The summed E-state index contributed by atoms with van der Waals surface area (Å²) < 4.78 is 38.5. The topological polar surface area (TPSA) is 12.0 Å². The van der Waals surface area contributed by atoms with E-state index < -0.39 is 11.7 Å². The molecular formula is C13H15BrF3N. The fourth-order valence-electron chi connectivity index (χ4n) is 2.41. The predicted octanol–water partition coefficient (Wildman–Crippen LogP) is 5.07. The van der Waals surface area contributed by atoms with Gasteiger partial charge >= 0.3 is 6.18 Å². The molecule has 0 aromatic heterocycles. The van der Waals surface area contributed by atoms with Crippen molar-refractivity contribution < 1.29 is 13.2 Å². The van der Waals surface area contributed by atoms with Crippen LogP contribution in [0.2, 0.25) is 0 Å². The summed E-state index contributed by atoms with van der Waals surface area (Å²) in [7, 11) is 0. The summed E-state index contributed by atoms with van der Waals surface area (Å²) in [5, 5.41) is 3.19. The molecule has 1 nitrogen and oxygen atoms in total. The smallest absolute Gasteiger partial charge is 0.382 e. The Morgan fingerprint density at radius 2 is 1.94 bits per heavy atom. The number of alkyl halides is 3. The average molecular weight is 322 g/mol. The summed E-state index contributed by atoms with van der Waals surface area (Å²) in [4.78, 5) is 0. The Balaban J connectivity index is 2.15. The van der Waals surface area contributed by atoms with Crippen LogP contribution in [0, 0.1) is 5.92 Å². The van der Waals surface area contributed by atoms with E-state index in [9.17, 15) is 13.2 Å². The first kappa shape index (κ1) is 13.7. The van der Waals surface area contributed by atoms with Crippen LogP contribution in [0.15, 0.2) is 22.7 Å². The molecule has 2 atom stereocenters. The maximum absolute atomic E-state index is 12.7. The minimum Gasteiger partial charge on any atom is -0.382 e. The van der Waals surface area contributed by atoms with E-state index >= 15 is 0 Å². The molecule has 1 aliphatic carbocycles. The molecule has 5 heteroatoms. The SMILES string of the molecule is CC1CCC(Nc2cc(Br)cc(C(F)(F)F)c2)C1. The van der Waals surface area contributed by atoms with Crippen LogP contribution in [0.5, 0.6) is 0 Å². The van der Waals surface area contributed by atoms with Crippen LogP contribution in [0.3, 0.4) is 0 Å². The fourth-order valence-corrected chi connectivity index (χ4v) is 2.90. The minimum absolute atomic E-state index is 0.287. The van der Waals surface area contributed by atoms with Gasteiger partial charge in [-0.05, 0) is 43.4 Å². The minimum atomic E-state index is -4.30. The second kappa shape index (κ2) is 5.11. The maximum atomic E-state index is 12.7. The van der Waals surface area contributed by atoms with Gasteiger partial charge in [-0.15, -0.1) is 0 Å². The summed E-state index contributed by atoms with van der Waals surface area (Å²) in [6.45, 7) is 2.17. The lowest BCUT2D eigenvalue weighted by Crippen LogP contribution is -2.16. The molecule has 1 N–H and O–H groups in total. The van der Waals surface area contributed by atoms with Crippen molar-refractivity contribution in [1.29, 1.82) is 0 Å². The summed E-state index contributed by atoms with van der Waals surface area (Å²) >= 11 is 3.13. The van der Waals surface area contributed by atoms with Crippen molar-refractivity contribution >= 4 is 21.6 Å². The number of rotatable bonds is 2. The van der Waals surface area contributed by atoms with Gasteiger partial charge in [0.05, 0.1) is 5.56 Å². The van der Waals surface area contributed by atoms with E-state index in [4.69, 9.17) is 0 Å². The molecule has 100 valence electrons. The van der Waals surface area contributed by atoms with Crippen LogP contribution in [0.1, 0.15) is 31.7 Å². The average Bonchev–Trinajstić information content (AvgIpc) is 2.61. The van der Waals surface area contributed by atoms with Gasteiger partial charge in [-0.1, -0.05) is 22.9 Å². The first-order valence-corrected chi connectivity index (χ1v) is 6.78. The maximum Gasteiger partial charge on any atom is 0.416 e. The first-order chi connectivity index (χ1) is 8.34. The highest BCUT2D eigenvalue weighted by molar-refractivity contribution is 9.10. The summed E-state index contributed by atoms with van der Waals surface area (Å²) in [6, 6.07) is 4.25. The van der Waals surface area contributed by atoms with Crippen LogP contribution < -0.4 is 5.32 Å². The zero-order valence-corrected chi connectivity index (χ0v) is 11.6. The number of halogens is 4. The van der Waals surface area contributed by atoms with Crippen LogP contribution >= 0.6 is 15.9 Å². The van der Waals surface area contributed by atoms with Gasteiger partial charge in [0.15, 0.2) is 0 Å². The zero-order chi connectivity index (χ0) is 13.3. The van der Waals surface area contributed by atoms with E-state index in [0.717, 1.165) is 25.3 Å². The predicted molar refractivity (Wildman–Crippen MR) is 69.6 cm³/mol. The monoisotopic (exact) mass is 321 g/mol. The summed E-state index contributed by atoms with van der Waals surface area (Å²) in [5.74, 6) is 0.650. The number of nitrogens with one attached hydrogen (secondary N) is 1. The Bertz CT molecular complexity index is 431. The number of benzene rings is 1. The van der Waals surface area contributed by atoms with Gasteiger partial charge in [0, 0.05) is 16.2 Å². The van der Waals surface area contributed by atoms with Gasteiger partial charge < -0.3 is 5.32 Å². The first-order valence-electron chi connectivity index (χ1n) is 5.99. The van der Waals surface area contributed by atoms with E-state index in [1.807, 2.05) is 0 Å². The Morgan fingerprint density at radius 1 is 1.22 bits per heavy atom. The van der Waals surface area contributed by atoms with Gasteiger partial charge in [0.1, 0.15) is 0 Å². The zero-order valence-electron chi connectivity index (χ0n) is 10.0. The van der Waals surface area contributed by atoms with Crippen molar-refractivity contribution in [3.8, 4) is 0 Å². The lowest BCUT2D eigenvalue weighted by molar-refractivity contribution is -0.137. The molecule has 0 amide bonds. The summed E-state index contributed by atoms with van der Waals surface area (Å²) in [5.41, 5.74) is -0.0822. The van der Waals surface area contributed by atoms with Crippen LogP contribution in [0.25, 0.3) is 0 Å². The molecule has 2 rings (SSSR count). The molecule has 1 aliphatic rings. The standard InChI is InChI=1S/C13H15BrF3N/c1-8-2-3-11(4-8)18-12-6-9(13(15,16)17)5-10(14)7-12/h5-8,11,18H,2-4H2,1H3. The number of hydrogen-bond donors (Lipinski definition) is 1. The molecular weight excluding hydrogens is 307 g/mol. The van der Waals surface area contributed by atoms with Crippen molar-refractivity contribution in [3.63, 3.8) is 0 Å². The number of anilines is 1. The lowest BCUT2D eigenvalue weighted by atomic mass is 10.1. The third kappa shape index (κ3) is 3.40. The molecule has 1 fully saturated rings. The molecule has 1 saturated carbocycles. The highest BCUT2D eigenvalue weighted by Gasteiger charge is 2.31. The van der Waals surface area contributed by atoms with Gasteiger partial charge in [0.25, 0.3) is 0 Å². The molecule has 0 saturated heterocycles. The van der Waals surface area contributed by atoms with E-state index in [1.54, 1.807) is 6.07 Å². The third-order valence-electron chi connectivity index (χ3n) is 3.29. The van der Waals surface area contributed by atoms with Crippen LogP contribution in [-0.2, 0) is 6.18 Å². The highest BCUT2D eigenvalue weighted by atomic mass is 79.9. The molecule has 0 heterocycles. The Hall–Kier alpha value is -0.710. The van der Waals surface area contributed by atoms with E-state index in [-0.39, 0.29) is 6.04 Å². The molecule has 18 heavy (non-hydrogen) atoms. The molecule has 0 radical (unpaired) electrons. The van der Waals surface area contributed by atoms with Gasteiger partial charge in [0.2, 0.25) is 0 Å². The molecule has 1 aromatic carbocycles. The van der Waals surface area contributed by atoms with Crippen LogP contribution in [0.4, 0.5) is 18.9 Å². The second-order valence-corrected chi connectivity index (χ2v) is 5.90. The quantitative estimate of drug-likeness (QED) is 0.802. The lowest BCUT2D eigenvalue weighted by Gasteiger charge is -2.16. The van der Waals surface area contributed by atoms with Gasteiger partial charge in [-0.3, -0.25) is 0 Å². The van der Waals surface area contributed by atoms with Gasteiger partial charge in [-0.25, -0.2) is 0 Å². The van der Waals surface area contributed by atoms with E-state index in [0.29, 0.717) is 16.1 Å². The van der Waals surface area contributed by atoms with E-state index in [2.05, 4.69) is 28.2 Å². The molecule has 1 aromatic rings. The second-order valence-electron chi connectivity index (χ2n) is 4.99. The molecule has 0 aliphatic heterocycles. The highest BCUT2D eigenvalue weighted by Crippen LogP contribution is 2.34. The Labute approximate surface area is 113 Å². The van der Waals surface area contributed by atoms with Crippen LogP contribution in [-0.4, -0.2) is 6.04 Å². The van der Waals surface area contributed by atoms with Crippen molar-refractivity contribution in [2.45, 2.75) is 38.4 Å².